The number of rotatable bonds is 22. The molecule has 2 atom stereocenters. The molecule has 0 bridgehead atoms. The quantitative estimate of drug-likeness (QED) is 0.0649. The van der Waals surface area contributed by atoms with Crippen LogP contribution in [0.5, 0.6) is 0 Å². The molecular formula is C42H54Cl2N12O7. The summed E-state index contributed by atoms with van der Waals surface area (Å²) in [6.07, 6.45) is 5.53. The number of benzene rings is 2. The van der Waals surface area contributed by atoms with Gasteiger partial charge >= 0.3 is 0 Å². The maximum Gasteiger partial charge on any atom is 0.277 e. The van der Waals surface area contributed by atoms with E-state index in [0.29, 0.717) is 110 Å². The van der Waals surface area contributed by atoms with Gasteiger partial charge < -0.3 is 40.2 Å². The van der Waals surface area contributed by atoms with Crippen molar-refractivity contribution in [3.63, 3.8) is 0 Å². The van der Waals surface area contributed by atoms with Gasteiger partial charge in [-0.2, -0.15) is 10.2 Å². The van der Waals surface area contributed by atoms with Crippen molar-refractivity contribution in [2.75, 3.05) is 108 Å². The fourth-order valence-electron chi connectivity index (χ4n) is 7.60. The highest BCUT2D eigenvalue weighted by Gasteiger charge is 2.33. The molecule has 0 saturated carbocycles. The van der Waals surface area contributed by atoms with E-state index < -0.39 is 17.5 Å². The molecule has 2 saturated heterocycles. The smallest absolute Gasteiger partial charge is 0.277 e. The van der Waals surface area contributed by atoms with E-state index in [1.807, 2.05) is 23.2 Å². The molecule has 5 heterocycles. The number of amides is 2. The number of anilines is 3. The van der Waals surface area contributed by atoms with Gasteiger partial charge in [-0.15, -0.1) is 0 Å². The number of nitrogens with one attached hydrogen (secondary N) is 3. The highest BCUT2D eigenvalue weighted by molar-refractivity contribution is 6.43. The van der Waals surface area contributed by atoms with E-state index in [9.17, 15) is 14.4 Å². The summed E-state index contributed by atoms with van der Waals surface area (Å²) < 4.78 is 23.8. The summed E-state index contributed by atoms with van der Waals surface area (Å²) in [5, 5.41) is 26.1. The number of aromatic nitrogens is 4. The van der Waals surface area contributed by atoms with Crippen molar-refractivity contribution in [3.05, 3.63) is 69.2 Å². The van der Waals surface area contributed by atoms with E-state index in [-0.39, 0.29) is 30.3 Å². The lowest BCUT2D eigenvalue weighted by Gasteiger charge is -2.41. The lowest BCUT2D eigenvalue weighted by molar-refractivity contribution is -0.136. The van der Waals surface area contributed by atoms with Crippen LogP contribution in [0, 0.1) is 0 Å². The molecule has 7 rings (SSSR count). The van der Waals surface area contributed by atoms with Gasteiger partial charge in [0.15, 0.2) is 5.82 Å². The number of piperidine rings is 2. The second kappa shape index (κ2) is 22.1. The summed E-state index contributed by atoms with van der Waals surface area (Å²) in [5.74, 6) is 0.181. The van der Waals surface area contributed by atoms with E-state index >= 15 is 0 Å². The van der Waals surface area contributed by atoms with Crippen molar-refractivity contribution in [2.45, 2.75) is 50.2 Å². The first-order valence-corrected chi connectivity index (χ1v) is 22.0. The molecule has 3 aliphatic rings. The molecular weight excluding hydrogens is 855 g/mol. The second-order valence-corrected chi connectivity index (χ2v) is 16.6. The third-order valence-electron chi connectivity index (χ3n) is 11.2. The summed E-state index contributed by atoms with van der Waals surface area (Å²) in [4.78, 5) is 48.7. The molecule has 2 fully saturated rings. The molecule has 2 aromatic heterocycles. The first-order chi connectivity index (χ1) is 30.6. The predicted octanol–water partition coefficient (Wildman–Crippen LogP) is 3.90. The van der Waals surface area contributed by atoms with Gasteiger partial charge in [-0.05, 0) is 38.3 Å². The Morgan fingerprint density at radius 3 is 2.37 bits per heavy atom. The summed E-state index contributed by atoms with van der Waals surface area (Å²) in [6, 6.07) is 10.0. The number of ether oxygens (including phenoxy) is 4. The zero-order valence-electron chi connectivity index (χ0n) is 35.3. The summed E-state index contributed by atoms with van der Waals surface area (Å²) in [6.45, 7) is 10.0. The number of carbonyl (C=O) groups excluding carboxylic acids is 2. The Hall–Kier alpha value is -5.02. The van der Waals surface area contributed by atoms with Crippen molar-refractivity contribution in [2.24, 2.45) is 10.3 Å². The van der Waals surface area contributed by atoms with E-state index in [1.165, 1.54) is 0 Å². The summed E-state index contributed by atoms with van der Waals surface area (Å²) >= 11 is 12.6. The Labute approximate surface area is 374 Å². The summed E-state index contributed by atoms with van der Waals surface area (Å²) in [5.41, 5.74) is 7.67. The lowest BCUT2D eigenvalue weighted by atomic mass is 9.89. The Kier molecular flexibility index (Phi) is 16.1. The molecule has 0 radical (unpaired) electrons. The molecule has 4 aromatic rings. The van der Waals surface area contributed by atoms with Crippen LogP contribution >= 0.6 is 23.2 Å². The van der Waals surface area contributed by atoms with Crippen LogP contribution in [0.25, 0.3) is 22.0 Å². The van der Waals surface area contributed by atoms with Crippen molar-refractivity contribution in [1.82, 2.24) is 35.4 Å². The first-order valence-electron chi connectivity index (χ1n) is 21.2. The zero-order chi connectivity index (χ0) is 44.2. The molecule has 0 aliphatic carbocycles. The molecule has 21 heteroatoms. The third kappa shape index (κ3) is 12.2. The van der Waals surface area contributed by atoms with Crippen LogP contribution < -0.4 is 32.1 Å². The van der Waals surface area contributed by atoms with Gasteiger partial charge in [0.1, 0.15) is 23.6 Å². The number of imide groups is 1. The molecule has 3 aliphatic heterocycles. The molecule has 338 valence electrons. The van der Waals surface area contributed by atoms with Crippen LogP contribution in [0.4, 0.5) is 17.3 Å². The minimum atomic E-state index is -0.830. The van der Waals surface area contributed by atoms with Crippen molar-refractivity contribution < 1.29 is 28.5 Å². The number of hydrogen-bond donors (Lipinski definition) is 4. The fraction of sp³-hybridized carbons (Fsp3) is 0.524. The van der Waals surface area contributed by atoms with Crippen LogP contribution in [0.3, 0.4) is 0 Å². The molecule has 63 heavy (non-hydrogen) atoms. The molecule has 2 aromatic carbocycles. The number of nitrogens with two attached hydrogens (primary N) is 1. The number of carbonyl (C=O) groups is 2. The van der Waals surface area contributed by atoms with Gasteiger partial charge in [-0.1, -0.05) is 52.7 Å². The molecule has 5 N–H and O–H groups in total. The Morgan fingerprint density at radius 1 is 0.921 bits per heavy atom. The maximum atomic E-state index is 13.3. The lowest BCUT2D eigenvalue weighted by Crippen LogP contribution is -2.53. The average molecular weight is 910 g/mol. The third-order valence-corrected chi connectivity index (χ3v) is 12.0. The minimum Gasteiger partial charge on any atom is -0.382 e. The highest BCUT2D eigenvalue weighted by Crippen LogP contribution is 2.35. The standard InChI is InChI=1S/C42H54Cl2N12O7/c1-42(10-13-54(14-11-42)34-26-47-38(39(45)50-34)30-5-3-6-31(43)37(30)44)48-25-29-27-55(53-52-29)15-17-61-19-21-63-23-22-62-20-18-60-16-12-46-32-7-2-4-28-24-49-56(41(59)36(28)32)33-8-9-35(57)51-40(33)58/h2-7,24,26,29,33,46,48H,8-23,25,27H2,1H3,(H2,45,50)(H,51,57,58). The SMILES string of the molecule is CC1(NCC2CN(CCOCCOCCOCCOCCNc3cccc4cnn(C5CCC(=O)NC5=O)c(=O)c34)N=N2)CCN(c2cnc(-c3cccc(Cl)c3Cl)c(N)n2)CC1. The Balaban J connectivity index is 0.682. The van der Waals surface area contributed by atoms with Gasteiger partial charge in [0.05, 0.1) is 93.8 Å². The van der Waals surface area contributed by atoms with Gasteiger partial charge in [0, 0.05) is 54.8 Å². The van der Waals surface area contributed by atoms with Crippen LogP contribution in [0.1, 0.15) is 38.6 Å². The zero-order valence-corrected chi connectivity index (χ0v) is 36.8. The second-order valence-electron chi connectivity index (χ2n) is 15.8. The number of halogens is 2. The molecule has 19 nitrogen and oxygen atoms in total. The Morgan fingerprint density at radius 2 is 1.63 bits per heavy atom. The normalized spacial score (nSPS) is 18.7. The monoisotopic (exact) mass is 908 g/mol. The van der Waals surface area contributed by atoms with E-state index in [2.05, 4.69) is 53.2 Å². The number of nitrogen functional groups attached to an aromatic ring is 1. The van der Waals surface area contributed by atoms with Crippen molar-refractivity contribution >= 4 is 63.1 Å². The summed E-state index contributed by atoms with van der Waals surface area (Å²) in [7, 11) is 0. The van der Waals surface area contributed by atoms with Crippen LogP contribution in [0.15, 0.2) is 63.9 Å². The first kappa shape index (κ1) is 46.0. The largest absolute Gasteiger partial charge is 0.382 e. The predicted molar refractivity (Wildman–Crippen MR) is 239 cm³/mol. The van der Waals surface area contributed by atoms with Crippen molar-refractivity contribution in [1.29, 1.82) is 0 Å². The van der Waals surface area contributed by atoms with E-state index in [4.69, 9.17) is 47.9 Å². The molecule has 2 amide bonds. The van der Waals surface area contributed by atoms with Crippen molar-refractivity contribution in [3.8, 4) is 11.3 Å². The maximum absolute atomic E-state index is 13.3. The Bertz CT molecular complexity index is 2290. The number of fused-ring (bicyclic) bond motifs is 1. The minimum absolute atomic E-state index is 0.0359. The highest BCUT2D eigenvalue weighted by atomic mass is 35.5. The molecule has 2 unspecified atom stereocenters. The average Bonchev–Trinajstić information content (AvgIpc) is 3.74. The van der Waals surface area contributed by atoms with Gasteiger partial charge in [-0.3, -0.25) is 24.7 Å². The topological polar surface area (TPSA) is 225 Å². The number of hydrogen-bond acceptors (Lipinski definition) is 17. The van der Waals surface area contributed by atoms with Gasteiger partial charge in [0.2, 0.25) is 5.91 Å². The van der Waals surface area contributed by atoms with Crippen LogP contribution in [-0.4, -0.2) is 140 Å². The van der Waals surface area contributed by atoms with Crippen LogP contribution in [-0.2, 0) is 28.5 Å². The van der Waals surface area contributed by atoms with Crippen LogP contribution in [0.2, 0.25) is 10.0 Å². The van der Waals surface area contributed by atoms with E-state index in [1.54, 1.807) is 30.6 Å². The van der Waals surface area contributed by atoms with Gasteiger partial charge in [0.25, 0.3) is 11.5 Å². The molecule has 0 spiro atoms. The van der Waals surface area contributed by atoms with E-state index in [0.717, 1.165) is 49.5 Å². The number of nitrogens with zero attached hydrogens (tertiary/aromatic N) is 8. The fourth-order valence-corrected chi connectivity index (χ4v) is 7.99. The van der Waals surface area contributed by atoms with Gasteiger partial charge in [-0.25, -0.2) is 14.6 Å².